The molecule has 8 heteroatoms. The SMILES string of the molecule is Cl.Cl.O=c1ccc2ccc(F)c3c2n1C[C@H]3CN1CCC(NCC=Cc2cccc(F)c2)CC1. The van der Waals surface area contributed by atoms with Gasteiger partial charge in [0.2, 0.25) is 0 Å². The molecule has 4 nitrogen and oxygen atoms in total. The number of nitrogens with one attached hydrogen (secondary N) is 1. The number of aromatic nitrogens is 1. The minimum absolute atomic E-state index is 0. The molecule has 3 aromatic rings. The van der Waals surface area contributed by atoms with Gasteiger partial charge in [0.15, 0.2) is 0 Å². The van der Waals surface area contributed by atoms with Crippen molar-refractivity contribution < 1.29 is 8.78 Å². The van der Waals surface area contributed by atoms with E-state index in [2.05, 4.69) is 10.2 Å². The zero-order valence-corrected chi connectivity index (χ0v) is 20.4. The highest BCUT2D eigenvalue weighted by atomic mass is 35.5. The van der Waals surface area contributed by atoms with E-state index in [0.29, 0.717) is 18.2 Å². The Labute approximate surface area is 210 Å². The topological polar surface area (TPSA) is 37.3 Å². The Morgan fingerprint density at radius 1 is 1.03 bits per heavy atom. The second-order valence-corrected chi connectivity index (χ2v) is 8.82. The molecule has 2 aliphatic rings. The lowest BCUT2D eigenvalue weighted by molar-refractivity contribution is 0.186. The Balaban J connectivity index is 0.00000162. The van der Waals surface area contributed by atoms with Gasteiger partial charge >= 0.3 is 0 Å². The molecule has 34 heavy (non-hydrogen) atoms. The average molecular weight is 508 g/mol. The van der Waals surface area contributed by atoms with Crippen molar-refractivity contribution in [2.24, 2.45) is 0 Å². The van der Waals surface area contributed by atoms with E-state index in [1.54, 1.807) is 28.8 Å². The highest BCUT2D eigenvalue weighted by molar-refractivity contribution is 5.86. The molecule has 1 fully saturated rings. The summed E-state index contributed by atoms with van der Waals surface area (Å²) in [4.78, 5) is 14.7. The number of piperidine rings is 1. The Kier molecular flexibility index (Phi) is 8.88. The number of nitrogens with zero attached hydrogens (tertiary/aromatic N) is 2. The predicted octanol–water partition coefficient (Wildman–Crippen LogP) is 4.99. The van der Waals surface area contributed by atoms with Gasteiger partial charge in [-0.15, -0.1) is 24.8 Å². The molecule has 3 heterocycles. The van der Waals surface area contributed by atoms with Crippen molar-refractivity contribution in [1.29, 1.82) is 0 Å². The predicted molar refractivity (Wildman–Crippen MR) is 138 cm³/mol. The summed E-state index contributed by atoms with van der Waals surface area (Å²) in [6.45, 7) is 3.96. The lowest BCUT2D eigenvalue weighted by Gasteiger charge is -2.34. The van der Waals surface area contributed by atoms with E-state index in [9.17, 15) is 13.6 Å². The van der Waals surface area contributed by atoms with E-state index >= 15 is 0 Å². The minimum Gasteiger partial charge on any atom is -0.310 e. The van der Waals surface area contributed by atoms with Crippen molar-refractivity contribution in [3.05, 3.63) is 87.7 Å². The summed E-state index contributed by atoms with van der Waals surface area (Å²) in [6, 6.07) is 13.7. The fourth-order valence-electron chi connectivity index (χ4n) is 5.10. The first-order valence-electron chi connectivity index (χ1n) is 11.3. The second-order valence-electron chi connectivity index (χ2n) is 8.82. The van der Waals surface area contributed by atoms with Gasteiger partial charge in [-0.25, -0.2) is 8.78 Å². The summed E-state index contributed by atoms with van der Waals surface area (Å²) >= 11 is 0. The maximum atomic E-state index is 14.7. The Bertz CT molecular complexity index is 1220. The number of pyridine rings is 1. The third-order valence-electron chi connectivity index (χ3n) is 6.70. The fraction of sp³-hybridized carbons (Fsp3) is 0.346. The first-order chi connectivity index (χ1) is 15.6. The van der Waals surface area contributed by atoms with Crippen molar-refractivity contribution in [1.82, 2.24) is 14.8 Å². The average Bonchev–Trinajstić information content (AvgIpc) is 3.18. The summed E-state index contributed by atoms with van der Waals surface area (Å²) in [6.07, 6.45) is 6.01. The van der Waals surface area contributed by atoms with Gasteiger partial charge < -0.3 is 14.8 Å². The van der Waals surface area contributed by atoms with Crippen molar-refractivity contribution in [3.63, 3.8) is 0 Å². The van der Waals surface area contributed by atoms with Crippen molar-refractivity contribution >= 4 is 41.8 Å². The molecule has 0 saturated carbocycles. The third kappa shape index (κ3) is 5.52. The largest absolute Gasteiger partial charge is 0.310 e. The molecule has 2 aliphatic heterocycles. The van der Waals surface area contributed by atoms with Crippen molar-refractivity contribution in [2.45, 2.75) is 31.3 Å². The molecule has 0 spiro atoms. The van der Waals surface area contributed by atoms with Crippen LogP contribution in [0.1, 0.15) is 29.9 Å². The molecule has 0 radical (unpaired) electrons. The van der Waals surface area contributed by atoms with Crippen LogP contribution in [0.4, 0.5) is 8.78 Å². The van der Waals surface area contributed by atoms with E-state index in [1.165, 1.54) is 18.2 Å². The lowest BCUT2D eigenvalue weighted by atomic mass is 9.97. The molecule has 0 bridgehead atoms. The zero-order chi connectivity index (χ0) is 22.1. The maximum Gasteiger partial charge on any atom is 0.251 e. The van der Waals surface area contributed by atoms with Gasteiger partial charge in [0.25, 0.3) is 5.56 Å². The highest BCUT2D eigenvalue weighted by Crippen LogP contribution is 2.35. The molecular formula is C26H29Cl2F2N3O. The summed E-state index contributed by atoms with van der Waals surface area (Å²) < 4.78 is 29.7. The summed E-state index contributed by atoms with van der Waals surface area (Å²) in [5, 5.41) is 4.48. The van der Waals surface area contributed by atoms with Crippen LogP contribution in [0, 0.1) is 11.6 Å². The van der Waals surface area contributed by atoms with Crippen LogP contribution in [-0.4, -0.2) is 41.7 Å². The number of likely N-dealkylation sites (tertiary alicyclic amines) is 1. The smallest absolute Gasteiger partial charge is 0.251 e. The molecule has 1 atom stereocenters. The number of rotatable bonds is 6. The molecule has 0 aliphatic carbocycles. The maximum absolute atomic E-state index is 14.7. The number of hydrogen-bond donors (Lipinski definition) is 1. The van der Waals surface area contributed by atoms with Crippen molar-refractivity contribution in [2.75, 3.05) is 26.2 Å². The van der Waals surface area contributed by atoms with Gasteiger partial charge in [-0.05, 0) is 67.2 Å². The standard InChI is InChI=1S/C26H27F2N3O.2ClH/c27-21-5-1-3-18(15-21)4-2-12-29-22-10-13-30(14-11-22)16-20-17-31-24(32)9-7-19-6-8-23(28)25(20)26(19)31;;/h1-9,15,20,22,29H,10-14,16-17H2;2*1H/t20-;;/m1../s1. The van der Waals surface area contributed by atoms with Crippen LogP contribution >= 0.6 is 24.8 Å². The van der Waals surface area contributed by atoms with E-state index < -0.39 is 0 Å². The number of halogens is 4. The van der Waals surface area contributed by atoms with Crippen LogP contribution in [0.5, 0.6) is 0 Å². The molecule has 1 N–H and O–H groups in total. The quantitative estimate of drug-likeness (QED) is 0.510. The normalized spacial score (nSPS) is 18.2. The lowest BCUT2D eigenvalue weighted by Crippen LogP contribution is -2.44. The van der Waals surface area contributed by atoms with E-state index in [4.69, 9.17) is 0 Å². The third-order valence-corrected chi connectivity index (χ3v) is 6.70. The van der Waals surface area contributed by atoms with Crippen LogP contribution in [0.3, 0.4) is 0 Å². The van der Waals surface area contributed by atoms with E-state index in [1.807, 2.05) is 18.2 Å². The van der Waals surface area contributed by atoms with Crippen molar-refractivity contribution in [3.8, 4) is 0 Å². The van der Waals surface area contributed by atoms with Gasteiger partial charge in [-0.2, -0.15) is 0 Å². The first kappa shape index (κ1) is 26.4. The Hall–Kier alpha value is -2.25. The van der Waals surface area contributed by atoms with Gasteiger partial charge in [-0.1, -0.05) is 24.3 Å². The van der Waals surface area contributed by atoms with E-state index in [0.717, 1.165) is 55.5 Å². The van der Waals surface area contributed by atoms with Crippen LogP contribution < -0.4 is 10.9 Å². The van der Waals surface area contributed by atoms with Crippen LogP contribution in [0.25, 0.3) is 17.0 Å². The molecule has 0 unspecified atom stereocenters. The van der Waals surface area contributed by atoms with Gasteiger partial charge in [0.1, 0.15) is 11.6 Å². The molecule has 182 valence electrons. The fourth-order valence-corrected chi connectivity index (χ4v) is 5.10. The van der Waals surface area contributed by atoms with Gasteiger partial charge in [0.05, 0.1) is 5.52 Å². The molecule has 2 aromatic carbocycles. The second kappa shape index (κ2) is 11.5. The van der Waals surface area contributed by atoms with Gasteiger partial charge in [-0.3, -0.25) is 4.79 Å². The van der Waals surface area contributed by atoms with Crippen LogP contribution in [0.2, 0.25) is 0 Å². The molecule has 1 aromatic heterocycles. The summed E-state index contributed by atoms with van der Waals surface area (Å²) in [5.74, 6) is -0.424. The summed E-state index contributed by atoms with van der Waals surface area (Å²) in [7, 11) is 0. The zero-order valence-electron chi connectivity index (χ0n) is 18.8. The Morgan fingerprint density at radius 2 is 1.79 bits per heavy atom. The minimum atomic E-state index is -0.223. The summed E-state index contributed by atoms with van der Waals surface area (Å²) in [5.41, 5.74) is 2.27. The highest BCUT2D eigenvalue weighted by Gasteiger charge is 2.31. The van der Waals surface area contributed by atoms with Gasteiger partial charge in [0, 0.05) is 43.2 Å². The van der Waals surface area contributed by atoms with E-state index in [-0.39, 0.29) is 47.9 Å². The monoisotopic (exact) mass is 507 g/mol. The molecule has 5 rings (SSSR count). The molecule has 1 saturated heterocycles. The molecule has 0 amide bonds. The Morgan fingerprint density at radius 3 is 2.56 bits per heavy atom. The number of hydrogen-bond acceptors (Lipinski definition) is 3. The number of benzene rings is 2. The van der Waals surface area contributed by atoms with Crippen LogP contribution in [-0.2, 0) is 6.54 Å². The first-order valence-corrected chi connectivity index (χ1v) is 11.3. The molecular weight excluding hydrogens is 479 g/mol. The van der Waals surface area contributed by atoms with Crippen LogP contribution in [0.15, 0.2) is 59.4 Å².